The summed E-state index contributed by atoms with van der Waals surface area (Å²) in [5.74, 6) is 0. The molecule has 1 aliphatic heterocycles. The Morgan fingerprint density at radius 1 is 0.900 bits per heavy atom. The predicted molar refractivity (Wildman–Crippen MR) is 93.9 cm³/mol. The van der Waals surface area contributed by atoms with Gasteiger partial charge in [0.05, 0.1) is 0 Å². The molecular formula is C14H24N4S2. The summed E-state index contributed by atoms with van der Waals surface area (Å²) in [7, 11) is 0. The average Bonchev–Trinajstić information content (AvgIpc) is 2.46. The third kappa shape index (κ3) is 5.09. The van der Waals surface area contributed by atoms with Gasteiger partial charge in [-0.25, -0.2) is 0 Å². The second-order valence-electron chi connectivity index (χ2n) is 4.92. The molecule has 112 valence electrons. The molecule has 20 heavy (non-hydrogen) atoms. The Hall–Kier alpha value is -1.14. The van der Waals surface area contributed by atoms with E-state index in [-0.39, 0.29) is 12.1 Å². The molecule has 0 amide bonds. The fourth-order valence-electron chi connectivity index (χ4n) is 1.80. The maximum absolute atomic E-state index is 5.40. The average molecular weight is 313 g/mol. The summed E-state index contributed by atoms with van der Waals surface area (Å²) in [4.78, 5) is 4.34. The van der Waals surface area contributed by atoms with Crippen molar-refractivity contribution in [3.05, 3.63) is 25.3 Å². The number of hydrogen-bond donors (Lipinski definition) is 2. The lowest BCUT2D eigenvalue weighted by molar-refractivity contribution is 0.253. The van der Waals surface area contributed by atoms with E-state index >= 15 is 0 Å². The molecule has 1 rings (SSSR count). The Labute approximate surface area is 132 Å². The van der Waals surface area contributed by atoms with E-state index in [0.717, 1.165) is 36.4 Å². The third-order valence-corrected chi connectivity index (χ3v) is 4.02. The third-order valence-electron chi connectivity index (χ3n) is 3.26. The molecule has 1 saturated heterocycles. The molecule has 0 aromatic heterocycles. The molecule has 1 heterocycles. The molecule has 0 unspecified atom stereocenters. The van der Waals surface area contributed by atoms with Crippen LogP contribution in [0.4, 0.5) is 0 Å². The molecule has 0 bridgehead atoms. The van der Waals surface area contributed by atoms with Gasteiger partial charge in [0.25, 0.3) is 0 Å². The van der Waals surface area contributed by atoms with Crippen LogP contribution in [0.1, 0.15) is 13.8 Å². The van der Waals surface area contributed by atoms with Crippen molar-refractivity contribution in [3.8, 4) is 0 Å². The summed E-state index contributed by atoms with van der Waals surface area (Å²) in [5.41, 5.74) is 0. The van der Waals surface area contributed by atoms with Gasteiger partial charge in [-0.1, -0.05) is 12.2 Å². The van der Waals surface area contributed by atoms with Crippen molar-refractivity contribution in [1.82, 2.24) is 20.4 Å². The molecule has 0 spiro atoms. The van der Waals surface area contributed by atoms with Crippen molar-refractivity contribution in [1.29, 1.82) is 0 Å². The molecule has 0 radical (unpaired) electrons. The van der Waals surface area contributed by atoms with Crippen molar-refractivity contribution < 1.29 is 0 Å². The lowest BCUT2D eigenvalue weighted by Crippen LogP contribution is -2.56. The van der Waals surface area contributed by atoms with E-state index < -0.39 is 0 Å². The van der Waals surface area contributed by atoms with E-state index in [2.05, 4.69) is 33.6 Å². The molecule has 0 saturated carbocycles. The van der Waals surface area contributed by atoms with Gasteiger partial charge in [0.2, 0.25) is 0 Å². The molecule has 0 aliphatic carbocycles. The highest BCUT2D eigenvalue weighted by molar-refractivity contribution is 7.80. The van der Waals surface area contributed by atoms with E-state index in [4.69, 9.17) is 24.4 Å². The van der Waals surface area contributed by atoms with Crippen molar-refractivity contribution in [3.63, 3.8) is 0 Å². The Morgan fingerprint density at radius 2 is 1.20 bits per heavy atom. The summed E-state index contributed by atoms with van der Waals surface area (Å²) in [6, 6.07) is 0.383. The highest BCUT2D eigenvalue weighted by atomic mass is 32.1. The smallest absolute Gasteiger partial charge is 0.169 e. The topological polar surface area (TPSA) is 30.5 Å². The molecule has 1 fully saturated rings. The Bertz CT molecular complexity index is 339. The van der Waals surface area contributed by atoms with Gasteiger partial charge in [0.1, 0.15) is 0 Å². The molecule has 2 N–H and O–H groups in total. The first kappa shape index (κ1) is 16.9. The minimum absolute atomic E-state index is 0.191. The molecule has 2 atom stereocenters. The zero-order valence-electron chi connectivity index (χ0n) is 12.3. The summed E-state index contributed by atoms with van der Waals surface area (Å²) < 4.78 is 0. The number of thiocarbonyl (C=S) groups is 2. The van der Waals surface area contributed by atoms with Crippen LogP contribution in [0.25, 0.3) is 0 Å². The molecule has 6 heteroatoms. The van der Waals surface area contributed by atoms with Crippen molar-refractivity contribution in [2.75, 3.05) is 26.2 Å². The largest absolute Gasteiger partial charge is 0.357 e. The van der Waals surface area contributed by atoms with E-state index in [1.165, 1.54) is 0 Å². The van der Waals surface area contributed by atoms with Crippen LogP contribution in [0.3, 0.4) is 0 Å². The standard InChI is InChI=1S/C14H24N4S2/c1-5-11(3)15-13(19)17-7-9-18(10-8-17)14(20)16-12(4)6-2/h5-6,11-12H,1-2,7-10H2,3-4H3,(H,15,19)(H,16,20)/t11-,12-/m0/s1. The van der Waals surface area contributed by atoms with E-state index in [1.807, 2.05) is 26.0 Å². The molecule has 4 nitrogen and oxygen atoms in total. The van der Waals surface area contributed by atoms with Crippen LogP contribution in [0.2, 0.25) is 0 Å². The van der Waals surface area contributed by atoms with Crippen LogP contribution in [0.15, 0.2) is 25.3 Å². The summed E-state index contributed by atoms with van der Waals surface area (Å²) in [6.45, 7) is 15.1. The normalized spacial score (nSPS) is 17.9. The zero-order valence-corrected chi connectivity index (χ0v) is 13.9. The molecule has 0 aromatic rings. The van der Waals surface area contributed by atoms with E-state index in [9.17, 15) is 0 Å². The van der Waals surface area contributed by atoms with Gasteiger partial charge in [-0.3, -0.25) is 0 Å². The summed E-state index contributed by atoms with van der Waals surface area (Å²) in [5, 5.41) is 8.06. The van der Waals surface area contributed by atoms with Crippen LogP contribution >= 0.6 is 24.4 Å². The summed E-state index contributed by atoms with van der Waals surface area (Å²) >= 11 is 10.8. The number of nitrogens with zero attached hydrogens (tertiary/aromatic N) is 2. The van der Waals surface area contributed by atoms with E-state index in [1.54, 1.807) is 0 Å². The van der Waals surface area contributed by atoms with Crippen molar-refractivity contribution in [2.45, 2.75) is 25.9 Å². The zero-order chi connectivity index (χ0) is 15.1. The van der Waals surface area contributed by atoms with Gasteiger partial charge < -0.3 is 20.4 Å². The van der Waals surface area contributed by atoms with Crippen LogP contribution in [-0.2, 0) is 0 Å². The Balaban J connectivity index is 2.39. The van der Waals surface area contributed by atoms with E-state index in [0.29, 0.717) is 0 Å². The first-order chi connectivity index (χ1) is 9.47. The van der Waals surface area contributed by atoms with Gasteiger partial charge in [-0.2, -0.15) is 0 Å². The van der Waals surface area contributed by atoms with Crippen molar-refractivity contribution >= 4 is 34.7 Å². The number of hydrogen-bond acceptors (Lipinski definition) is 2. The molecule has 1 aliphatic rings. The quantitative estimate of drug-likeness (QED) is 0.604. The Kier molecular flexibility index (Phi) is 6.95. The first-order valence-electron chi connectivity index (χ1n) is 6.84. The van der Waals surface area contributed by atoms with Crippen LogP contribution < -0.4 is 10.6 Å². The monoisotopic (exact) mass is 312 g/mol. The highest BCUT2D eigenvalue weighted by Gasteiger charge is 2.21. The molecular weight excluding hydrogens is 288 g/mol. The predicted octanol–water partition coefficient (Wildman–Crippen LogP) is 1.50. The lowest BCUT2D eigenvalue weighted by Gasteiger charge is -2.38. The summed E-state index contributed by atoms with van der Waals surface area (Å²) in [6.07, 6.45) is 3.69. The second kappa shape index (κ2) is 8.21. The fourth-order valence-corrected chi connectivity index (χ4v) is 2.54. The highest BCUT2D eigenvalue weighted by Crippen LogP contribution is 2.04. The lowest BCUT2D eigenvalue weighted by atomic mass is 10.3. The minimum atomic E-state index is 0.191. The van der Waals surface area contributed by atoms with Gasteiger partial charge in [0.15, 0.2) is 10.2 Å². The van der Waals surface area contributed by atoms with Gasteiger partial charge in [0, 0.05) is 38.3 Å². The van der Waals surface area contributed by atoms with Gasteiger partial charge >= 0.3 is 0 Å². The minimum Gasteiger partial charge on any atom is -0.357 e. The van der Waals surface area contributed by atoms with Gasteiger partial charge in [-0.05, 0) is 38.3 Å². The number of nitrogens with one attached hydrogen (secondary N) is 2. The van der Waals surface area contributed by atoms with Crippen molar-refractivity contribution in [2.24, 2.45) is 0 Å². The molecule has 0 aromatic carbocycles. The first-order valence-corrected chi connectivity index (χ1v) is 7.65. The van der Waals surface area contributed by atoms with Crippen LogP contribution in [0, 0.1) is 0 Å². The Morgan fingerprint density at radius 3 is 1.45 bits per heavy atom. The fraction of sp³-hybridized carbons (Fsp3) is 0.571. The van der Waals surface area contributed by atoms with Gasteiger partial charge in [-0.15, -0.1) is 13.2 Å². The number of piperazine rings is 1. The maximum atomic E-state index is 5.40. The van der Waals surface area contributed by atoms with Crippen LogP contribution in [-0.4, -0.2) is 58.3 Å². The second-order valence-corrected chi connectivity index (χ2v) is 5.70. The SMILES string of the molecule is C=C[C@H](C)NC(=S)N1CCN(C(=S)N[C@@H](C)C=C)CC1. The van der Waals surface area contributed by atoms with Crippen LogP contribution in [0.5, 0.6) is 0 Å². The maximum Gasteiger partial charge on any atom is 0.169 e. The number of rotatable bonds is 4.